The zero-order chi connectivity index (χ0) is 14.4. The Labute approximate surface area is 121 Å². The minimum absolute atomic E-state index is 0.132. The number of nitrogens with one attached hydrogen (secondary N) is 1. The lowest BCUT2D eigenvalue weighted by Gasteiger charge is -2.11. The van der Waals surface area contributed by atoms with Crippen molar-refractivity contribution in [1.82, 2.24) is 0 Å². The first-order chi connectivity index (χ1) is 9.63. The highest BCUT2D eigenvalue weighted by molar-refractivity contribution is 5.90. The number of amides is 1. The Balaban J connectivity index is 1.78. The van der Waals surface area contributed by atoms with Gasteiger partial charge in [0.25, 0.3) is 0 Å². The predicted octanol–water partition coefficient (Wildman–Crippen LogP) is 4.24. The molecular weight excluding hydrogens is 250 g/mol. The fraction of sp³-hybridized carbons (Fsp3) is 0.588. The zero-order valence-electron chi connectivity index (χ0n) is 12.5. The lowest BCUT2D eigenvalue weighted by molar-refractivity contribution is -0.117. The molecule has 1 aromatic rings. The summed E-state index contributed by atoms with van der Waals surface area (Å²) in [5.41, 5.74) is 0.852. The molecule has 0 heterocycles. The Morgan fingerprint density at radius 3 is 2.50 bits per heavy atom. The van der Waals surface area contributed by atoms with Crippen LogP contribution in [0.25, 0.3) is 0 Å². The van der Waals surface area contributed by atoms with Gasteiger partial charge in [-0.3, -0.25) is 4.79 Å². The maximum absolute atomic E-state index is 11.9. The molecule has 0 aromatic heterocycles. The first kappa shape index (κ1) is 14.9. The average Bonchev–Trinajstić information content (AvgIpc) is 2.90. The third-order valence-corrected chi connectivity index (χ3v) is 3.67. The molecule has 110 valence electrons. The van der Waals surface area contributed by atoms with Crippen molar-refractivity contribution in [2.75, 3.05) is 11.9 Å². The minimum atomic E-state index is 0.132. The lowest BCUT2D eigenvalue weighted by atomic mass is 10.0. The smallest absolute Gasteiger partial charge is 0.224 e. The van der Waals surface area contributed by atoms with E-state index >= 15 is 0 Å². The Hall–Kier alpha value is -1.51. The van der Waals surface area contributed by atoms with Crippen molar-refractivity contribution in [1.29, 1.82) is 0 Å². The first-order valence-corrected chi connectivity index (χ1v) is 7.66. The average molecular weight is 275 g/mol. The fourth-order valence-corrected chi connectivity index (χ4v) is 2.59. The van der Waals surface area contributed by atoms with E-state index in [9.17, 15) is 4.79 Å². The van der Waals surface area contributed by atoms with Crippen molar-refractivity contribution < 1.29 is 9.53 Å². The molecule has 0 bridgehead atoms. The molecule has 1 amide bonds. The summed E-state index contributed by atoms with van der Waals surface area (Å²) < 4.78 is 5.62. The number of hydrogen-bond acceptors (Lipinski definition) is 2. The van der Waals surface area contributed by atoms with Crippen LogP contribution in [0.5, 0.6) is 5.75 Å². The van der Waals surface area contributed by atoms with Crippen LogP contribution in [0, 0.1) is 11.8 Å². The van der Waals surface area contributed by atoms with E-state index in [2.05, 4.69) is 19.2 Å². The molecule has 1 aliphatic carbocycles. The molecule has 3 heteroatoms. The van der Waals surface area contributed by atoms with Gasteiger partial charge in [-0.05, 0) is 48.9 Å². The third kappa shape index (κ3) is 4.87. The summed E-state index contributed by atoms with van der Waals surface area (Å²) in [6.45, 7) is 4.96. The van der Waals surface area contributed by atoms with E-state index < -0.39 is 0 Å². The maximum Gasteiger partial charge on any atom is 0.224 e. The highest BCUT2D eigenvalue weighted by Gasteiger charge is 2.18. The quantitative estimate of drug-likeness (QED) is 0.843. The first-order valence-electron chi connectivity index (χ1n) is 7.66. The number of hydrogen-bond donors (Lipinski definition) is 1. The molecule has 0 unspecified atom stereocenters. The van der Waals surface area contributed by atoms with Gasteiger partial charge in [0.15, 0.2) is 0 Å². The maximum atomic E-state index is 11.9. The van der Waals surface area contributed by atoms with Crippen molar-refractivity contribution in [3.05, 3.63) is 24.3 Å². The molecular formula is C17H25NO2. The van der Waals surface area contributed by atoms with Crippen molar-refractivity contribution in [2.45, 2.75) is 46.0 Å². The second-order valence-electron chi connectivity index (χ2n) is 6.13. The Kier molecular flexibility index (Phi) is 5.45. The summed E-state index contributed by atoms with van der Waals surface area (Å²) in [5.74, 6) is 2.09. The van der Waals surface area contributed by atoms with E-state index in [0.29, 0.717) is 24.9 Å². The molecule has 2 rings (SSSR count). The van der Waals surface area contributed by atoms with Crippen molar-refractivity contribution in [3.8, 4) is 5.75 Å². The number of rotatable bonds is 6. The summed E-state index contributed by atoms with van der Waals surface area (Å²) in [6, 6.07) is 7.63. The van der Waals surface area contributed by atoms with Gasteiger partial charge < -0.3 is 10.1 Å². The van der Waals surface area contributed by atoms with E-state index in [4.69, 9.17) is 4.74 Å². The van der Waals surface area contributed by atoms with Gasteiger partial charge >= 0.3 is 0 Å². The van der Waals surface area contributed by atoms with Crippen LogP contribution in [0.2, 0.25) is 0 Å². The van der Waals surface area contributed by atoms with E-state index in [1.165, 1.54) is 25.7 Å². The monoisotopic (exact) mass is 275 g/mol. The fourth-order valence-electron chi connectivity index (χ4n) is 2.59. The van der Waals surface area contributed by atoms with Gasteiger partial charge in [0.1, 0.15) is 5.75 Å². The summed E-state index contributed by atoms with van der Waals surface area (Å²) >= 11 is 0. The Morgan fingerprint density at radius 2 is 1.90 bits per heavy atom. The van der Waals surface area contributed by atoms with Gasteiger partial charge in [-0.2, -0.15) is 0 Å². The number of ether oxygens (including phenoxy) is 1. The molecule has 1 saturated carbocycles. The highest BCUT2D eigenvalue weighted by Crippen LogP contribution is 2.27. The van der Waals surface area contributed by atoms with Gasteiger partial charge in [-0.25, -0.2) is 0 Å². The molecule has 1 N–H and O–H groups in total. The number of carbonyl (C=O) groups excluding carboxylic acids is 1. The van der Waals surface area contributed by atoms with Gasteiger partial charge in [-0.1, -0.05) is 26.7 Å². The van der Waals surface area contributed by atoms with Crippen molar-refractivity contribution in [2.24, 2.45) is 11.8 Å². The molecule has 1 aliphatic rings. The second-order valence-corrected chi connectivity index (χ2v) is 6.13. The van der Waals surface area contributed by atoms with Crippen molar-refractivity contribution >= 4 is 11.6 Å². The van der Waals surface area contributed by atoms with Gasteiger partial charge in [0, 0.05) is 12.1 Å². The van der Waals surface area contributed by atoms with Crippen LogP contribution in [-0.2, 0) is 4.79 Å². The predicted molar refractivity (Wildman–Crippen MR) is 82.0 cm³/mol. The number of carbonyl (C=O) groups is 1. The SMILES string of the molecule is CC(C)COc1ccc(NC(=O)CC2CCCC2)cc1. The van der Waals surface area contributed by atoms with E-state index in [0.717, 1.165) is 11.4 Å². The zero-order valence-corrected chi connectivity index (χ0v) is 12.5. The summed E-state index contributed by atoms with van der Waals surface area (Å²) in [4.78, 5) is 11.9. The summed E-state index contributed by atoms with van der Waals surface area (Å²) in [5, 5.41) is 2.97. The van der Waals surface area contributed by atoms with Crippen LogP contribution < -0.4 is 10.1 Å². The van der Waals surface area contributed by atoms with Crippen LogP contribution in [0.4, 0.5) is 5.69 Å². The lowest BCUT2D eigenvalue weighted by Crippen LogP contribution is -2.15. The normalized spacial score (nSPS) is 15.6. The molecule has 0 radical (unpaired) electrons. The third-order valence-electron chi connectivity index (χ3n) is 3.67. The molecule has 0 aliphatic heterocycles. The summed E-state index contributed by atoms with van der Waals surface area (Å²) in [7, 11) is 0. The van der Waals surface area contributed by atoms with Crippen LogP contribution in [-0.4, -0.2) is 12.5 Å². The molecule has 0 spiro atoms. The van der Waals surface area contributed by atoms with Crippen molar-refractivity contribution in [3.63, 3.8) is 0 Å². The number of benzene rings is 1. The molecule has 0 saturated heterocycles. The molecule has 1 aromatic carbocycles. The highest BCUT2D eigenvalue weighted by atomic mass is 16.5. The molecule has 1 fully saturated rings. The largest absolute Gasteiger partial charge is 0.493 e. The Bertz CT molecular complexity index is 419. The number of anilines is 1. The standard InChI is InChI=1S/C17H25NO2/c1-13(2)12-20-16-9-7-15(8-10-16)18-17(19)11-14-5-3-4-6-14/h7-10,13-14H,3-6,11-12H2,1-2H3,(H,18,19). The molecule has 20 heavy (non-hydrogen) atoms. The molecule has 3 nitrogen and oxygen atoms in total. The van der Waals surface area contributed by atoms with Crippen LogP contribution in [0.1, 0.15) is 46.0 Å². The van der Waals surface area contributed by atoms with Gasteiger partial charge in [0.05, 0.1) is 6.61 Å². The van der Waals surface area contributed by atoms with E-state index in [-0.39, 0.29) is 5.91 Å². The van der Waals surface area contributed by atoms with Gasteiger partial charge in [-0.15, -0.1) is 0 Å². The van der Waals surface area contributed by atoms with Crippen LogP contribution in [0.15, 0.2) is 24.3 Å². The van der Waals surface area contributed by atoms with Gasteiger partial charge in [0.2, 0.25) is 5.91 Å². The second kappa shape index (κ2) is 7.32. The Morgan fingerprint density at radius 1 is 1.25 bits per heavy atom. The van der Waals surface area contributed by atoms with Crippen LogP contribution >= 0.6 is 0 Å². The van der Waals surface area contributed by atoms with E-state index in [1.807, 2.05) is 24.3 Å². The van der Waals surface area contributed by atoms with Crippen LogP contribution in [0.3, 0.4) is 0 Å². The topological polar surface area (TPSA) is 38.3 Å². The summed E-state index contributed by atoms with van der Waals surface area (Å²) in [6.07, 6.45) is 5.62. The minimum Gasteiger partial charge on any atom is -0.493 e. The molecule has 0 atom stereocenters. The van der Waals surface area contributed by atoms with E-state index in [1.54, 1.807) is 0 Å².